The molecule has 0 aliphatic heterocycles. The molecule has 0 spiro atoms. The van der Waals surface area contributed by atoms with Crippen LogP contribution in [0.3, 0.4) is 0 Å². The summed E-state index contributed by atoms with van der Waals surface area (Å²) in [5, 5.41) is 0. The Bertz CT molecular complexity index is 150. The zero-order valence-electron chi connectivity index (χ0n) is 6.54. The first-order valence-electron chi connectivity index (χ1n) is 2.85. The van der Waals surface area contributed by atoms with Crippen molar-refractivity contribution >= 4 is 10.8 Å². The van der Waals surface area contributed by atoms with Gasteiger partial charge >= 0.3 is 19.5 Å². The molecule has 4 heteroatoms. The molecule has 61 valence electrons. The van der Waals surface area contributed by atoms with Gasteiger partial charge in [-0.1, -0.05) is 6.07 Å². The third kappa shape index (κ3) is 17.8. The average molecular weight is 259 g/mol. The van der Waals surface area contributed by atoms with Gasteiger partial charge in [0, 0.05) is 12.4 Å². The molecule has 0 aromatic carbocycles. The molecule has 0 aliphatic rings. The maximum absolute atomic E-state index is 8.08. The third-order valence-corrected chi connectivity index (χ3v) is 0.566. The molecule has 0 unspecified atom stereocenters. The van der Waals surface area contributed by atoms with Gasteiger partial charge in [0.2, 0.25) is 0 Å². The fraction of sp³-hybridized carbons (Fsp3) is 0.286. The molecule has 1 N–H and O–H groups in total. The minimum Gasteiger partial charge on any atom is -0.265 e. The van der Waals surface area contributed by atoms with Gasteiger partial charge in [-0.3, -0.25) is 9.19 Å². The van der Waals surface area contributed by atoms with Gasteiger partial charge in [-0.2, -0.15) is 0 Å². The summed E-state index contributed by atoms with van der Waals surface area (Å²) < 4.78 is 8.08. The SMILES string of the molecule is CS(C)=[OH+].[Ru+3].c1ccncc1. The van der Waals surface area contributed by atoms with Crippen LogP contribution in [0.25, 0.3) is 0 Å². The number of hydrogen-bond donors (Lipinski definition) is 0. The third-order valence-electron chi connectivity index (χ3n) is 0.566. The van der Waals surface area contributed by atoms with Crippen molar-refractivity contribution in [2.75, 3.05) is 12.5 Å². The minimum atomic E-state index is -0.361. The summed E-state index contributed by atoms with van der Waals surface area (Å²) >= 11 is 0. The molecule has 0 saturated heterocycles. The minimum absolute atomic E-state index is 0. The maximum atomic E-state index is 8.08. The molecule has 0 atom stereocenters. The van der Waals surface area contributed by atoms with Crippen molar-refractivity contribution in [1.29, 1.82) is 0 Å². The van der Waals surface area contributed by atoms with Gasteiger partial charge < -0.3 is 0 Å². The van der Waals surface area contributed by atoms with Crippen LogP contribution in [-0.2, 0) is 30.3 Å². The van der Waals surface area contributed by atoms with Crippen LogP contribution >= 0.6 is 0 Å². The Kier molecular flexibility index (Phi) is 12.2. The number of nitrogens with zero attached hydrogens (tertiary/aromatic N) is 1. The molecule has 1 radical (unpaired) electrons. The number of hydrogen-bond acceptors (Lipinski definition) is 1. The van der Waals surface area contributed by atoms with Crippen LogP contribution in [0.4, 0.5) is 0 Å². The Morgan fingerprint density at radius 1 is 1.09 bits per heavy atom. The van der Waals surface area contributed by atoms with Crippen molar-refractivity contribution in [3.8, 4) is 0 Å². The fourth-order valence-electron chi connectivity index (χ4n) is 0.313. The van der Waals surface area contributed by atoms with E-state index in [1.165, 1.54) is 0 Å². The van der Waals surface area contributed by atoms with Gasteiger partial charge in [0.05, 0.1) is 12.5 Å². The fourth-order valence-corrected chi connectivity index (χ4v) is 0.313. The van der Waals surface area contributed by atoms with E-state index in [2.05, 4.69) is 4.98 Å². The van der Waals surface area contributed by atoms with E-state index in [0.717, 1.165) is 0 Å². The second kappa shape index (κ2) is 9.92. The van der Waals surface area contributed by atoms with Gasteiger partial charge in [-0.25, -0.2) is 0 Å². The number of pyridine rings is 1. The Morgan fingerprint density at radius 3 is 1.55 bits per heavy atom. The second-order valence-electron chi connectivity index (χ2n) is 1.80. The average Bonchev–Trinajstić information content (AvgIpc) is 1.90. The van der Waals surface area contributed by atoms with Crippen LogP contribution in [0.15, 0.2) is 30.6 Å². The second-order valence-corrected chi connectivity index (χ2v) is 3.34. The maximum Gasteiger partial charge on any atom is 3.00 e. The van der Waals surface area contributed by atoms with Crippen molar-refractivity contribution < 1.29 is 23.7 Å². The summed E-state index contributed by atoms with van der Waals surface area (Å²) in [6.45, 7) is 0. The summed E-state index contributed by atoms with van der Waals surface area (Å²) in [5.41, 5.74) is 0. The molecule has 1 aromatic rings. The van der Waals surface area contributed by atoms with Gasteiger partial charge in [-0.05, 0) is 12.1 Å². The van der Waals surface area contributed by atoms with Crippen LogP contribution in [0, 0.1) is 0 Å². The van der Waals surface area contributed by atoms with Gasteiger partial charge in [0.15, 0.2) is 10.8 Å². The number of aromatic nitrogens is 1. The van der Waals surface area contributed by atoms with E-state index in [4.69, 9.17) is 4.21 Å². The van der Waals surface area contributed by atoms with Crippen molar-refractivity contribution in [3.05, 3.63) is 30.6 Å². The van der Waals surface area contributed by atoms with Crippen LogP contribution in [0.5, 0.6) is 0 Å². The monoisotopic (exact) mass is 260 g/mol. The zero-order valence-corrected chi connectivity index (χ0v) is 9.10. The quantitative estimate of drug-likeness (QED) is 0.510. The molecule has 2 nitrogen and oxygen atoms in total. The Hall–Kier alpha value is -0.0766. The number of rotatable bonds is 0. The molecule has 0 fully saturated rings. The molecule has 0 amide bonds. The van der Waals surface area contributed by atoms with E-state index in [1.54, 1.807) is 24.9 Å². The summed E-state index contributed by atoms with van der Waals surface area (Å²) in [7, 11) is -0.361. The molecule has 1 heterocycles. The van der Waals surface area contributed by atoms with E-state index in [1.807, 2.05) is 18.2 Å². The molecule has 0 bridgehead atoms. The van der Waals surface area contributed by atoms with E-state index >= 15 is 0 Å². The summed E-state index contributed by atoms with van der Waals surface area (Å²) in [6, 6.07) is 5.72. The summed E-state index contributed by atoms with van der Waals surface area (Å²) in [4.78, 5) is 3.78. The van der Waals surface area contributed by atoms with Gasteiger partial charge in [-0.15, -0.1) is 0 Å². The summed E-state index contributed by atoms with van der Waals surface area (Å²) in [6.07, 6.45) is 7.00. The smallest absolute Gasteiger partial charge is 0.265 e. The Morgan fingerprint density at radius 2 is 1.45 bits per heavy atom. The predicted octanol–water partition coefficient (Wildman–Crippen LogP) is 1.23. The standard InChI is InChI=1S/C5H5N.C2H6OS.Ru/c1-2-4-6-5-3-1;1-4(2)3;/h1-5H;1-2H3;/q;;+3/p+1. The van der Waals surface area contributed by atoms with E-state index < -0.39 is 0 Å². The van der Waals surface area contributed by atoms with E-state index in [-0.39, 0.29) is 30.3 Å². The van der Waals surface area contributed by atoms with Crippen LogP contribution in [0.2, 0.25) is 0 Å². The molecule has 0 aliphatic carbocycles. The van der Waals surface area contributed by atoms with Crippen LogP contribution in [-0.4, -0.2) is 21.7 Å². The Balaban J connectivity index is 0. The van der Waals surface area contributed by atoms with Crippen molar-refractivity contribution in [2.45, 2.75) is 0 Å². The topological polar surface area (TPSA) is 34.3 Å². The molecule has 1 rings (SSSR count). The summed E-state index contributed by atoms with van der Waals surface area (Å²) in [5.74, 6) is 0. The van der Waals surface area contributed by atoms with Crippen molar-refractivity contribution in [2.24, 2.45) is 0 Å². The van der Waals surface area contributed by atoms with Crippen molar-refractivity contribution in [1.82, 2.24) is 4.98 Å². The van der Waals surface area contributed by atoms with Crippen LogP contribution < -0.4 is 0 Å². The first-order valence-corrected chi connectivity index (χ1v) is 4.85. The Labute approximate surface area is 82.6 Å². The van der Waals surface area contributed by atoms with E-state index in [9.17, 15) is 0 Å². The van der Waals surface area contributed by atoms with Crippen molar-refractivity contribution in [3.63, 3.8) is 0 Å². The van der Waals surface area contributed by atoms with Gasteiger partial charge in [0.25, 0.3) is 0 Å². The molecule has 0 saturated carbocycles. The predicted molar refractivity (Wildman–Crippen MR) is 45.4 cm³/mol. The molecule has 11 heavy (non-hydrogen) atoms. The first-order chi connectivity index (χ1) is 4.73. The molecular formula is C7H12NORuS+4. The van der Waals surface area contributed by atoms with Gasteiger partial charge in [0.1, 0.15) is 0 Å². The first kappa shape index (κ1) is 13.5. The normalized spacial score (nSPS) is 7.55. The largest absolute Gasteiger partial charge is 3.00 e. The zero-order chi connectivity index (χ0) is 7.82. The van der Waals surface area contributed by atoms with E-state index in [0.29, 0.717) is 0 Å². The molecular weight excluding hydrogens is 247 g/mol. The molecule has 1 aromatic heterocycles. The van der Waals surface area contributed by atoms with Crippen LogP contribution in [0.1, 0.15) is 0 Å².